The Hall–Kier alpha value is -0.270. The second-order valence-corrected chi connectivity index (χ2v) is 9.65. The molecule has 0 saturated heterocycles. The molecule has 0 heterocycles. The van der Waals surface area contributed by atoms with Gasteiger partial charge in [-0.3, -0.25) is 9.88 Å². The molecule has 0 aromatic rings. The van der Waals surface area contributed by atoms with Crippen molar-refractivity contribution in [2.24, 2.45) is 5.73 Å². The van der Waals surface area contributed by atoms with E-state index in [2.05, 4.69) is 12.2 Å². The highest BCUT2D eigenvalue weighted by Gasteiger charge is 2.29. The molecule has 0 bridgehead atoms. The maximum absolute atomic E-state index is 11.1. The summed E-state index contributed by atoms with van der Waals surface area (Å²) in [6, 6.07) is -1.07. The van der Waals surface area contributed by atoms with Crippen LogP contribution in [0.25, 0.3) is 0 Å². The van der Waals surface area contributed by atoms with Crippen molar-refractivity contribution in [3.63, 3.8) is 0 Å². The van der Waals surface area contributed by atoms with Gasteiger partial charge in [-0.15, -0.1) is 0 Å². The van der Waals surface area contributed by atoms with E-state index in [-0.39, 0.29) is 0 Å². The minimum Gasteiger partial charge on any atom is -0.387 e. The standard InChI is InChI=1S/C20H43N2O5P/c1-3-4-5-6-7-8-9-10-11-12-13-14-15-16-18(23)19(21)20(24)22-17(2)28(25,26)27/h15-20,22-24H,3-14,21H2,1-2H3,(H2,25,26,27)/b16-15+/t17?,18-,19+,20?/m1/s1. The number of aliphatic hydroxyl groups is 2. The minimum absolute atomic E-state index is 0.837. The average Bonchev–Trinajstić information content (AvgIpc) is 2.63. The van der Waals surface area contributed by atoms with Crippen LogP contribution in [0.5, 0.6) is 0 Å². The summed E-state index contributed by atoms with van der Waals surface area (Å²) in [6.45, 7) is 3.49. The first kappa shape index (κ1) is 27.7. The van der Waals surface area contributed by atoms with E-state index in [1.54, 1.807) is 0 Å². The molecule has 0 radical (unpaired) electrons. The first-order valence-corrected chi connectivity index (χ1v) is 12.5. The second-order valence-electron chi connectivity index (χ2n) is 7.70. The Labute approximate surface area is 171 Å². The number of allylic oxidation sites excluding steroid dienone is 1. The van der Waals surface area contributed by atoms with Gasteiger partial charge < -0.3 is 25.7 Å². The van der Waals surface area contributed by atoms with Gasteiger partial charge in [0.2, 0.25) is 0 Å². The van der Waals surface area contributed by atoms with Crippen LogP contribution in [0, 0.1) is 0 Å². The van der Waals surface area contributed by atoms with Crippen LogP contribution in [0.15, 0.2) is 12.2 Å². The van der Waals surface area contributed by atoms with Gasteiger partial charge in [0.15, 0.2) is 0 Å². The third-order valence-corrected chi connectivity index (χ3v) is 6.14. The third kappa shape index (κ3) is 14.7. The van der Waals surface area contributed by atoms with E-state index in [4.69, 9.17) is 15.5 Å². The molecule has 0 aliphatic carbocycles. The molecule has 0 amide bonds. The van der Waals surface area contributed by atoms with E-state index in [0.717, 1.165) is 19.3 Å². The quantitative estimate of drug-likeness (QED) is 0.0862. The second kappa shape index (κ2) is 16.5. The third-order valence-electron chi connectivity index (χ3n) is 4.98. The normalized spacial score (nSPS) is 17.0. The summed E-state index contributed by atoms with van der Waals surface area (Å²) >= 11 is 0. The highest BCUT2D eigenvalue weighted by molar-refractivity contribution is 7.52. The number of nitrogens with one attached hydrogen (secondary N) is 1. The summed E-state index contributed by atoms with van der Waals surface area (Å²) < 4.78 is 11.1. The maximum atomic E-state index is 11.1. The summed E-state index contributed by atoms with van der Waals surface area (Å²) in [5.41, 5.74) is 5.73. The van der Waals surface area contributed by atoms with Gasteiger partial charge in [-0.25, -0.2) is 0 Å². The van der Waals surface area contributed by atoms with Gasteiger partial charge in [-0.1, -0.05) is 83.3 Å². The topological polar surface area (TPSA) is 136 Å². The lowest BCUT2D eigenvalue weighted by Gasteiger charge is -2.26. The maximum Gasteiger partial charge on any atom is 0.342 e. The Morgan fingerprint density at radius 1 is 0.929 bits per heavy atom. The van der Waals surface area contributed by atoms with Crippen LogP contribution in [-0.2, 0) is 4.57 Å². The molecular formula is C20H43N2O5P. The van der Waals surface area contributed by atoms with Crippen LogP contribution < -0.4 is 11.1 Å². The Morgan fingerprint density at radius 3 is 1.86 bits per heavy atom. The molecule has 0 aromatic heterocycles. The zero-order valence-electron chi connectivity index (χ0n) is 17.7. The van der Waals surface area contributed by atoms with Crippen molar-refractivity contribution in [2.75, 3.05) is 0 Å². The van der Waals surface area contributed by atoms with E-state index in [9.17, 15) is 14.8 Å². The smallest absolute Gasteiger partial charge is 0.342 e. The summed E-state index contributed by atoms with van der Waals surface area (Å²) in [5, 5.41) is 22.2. The largest absolute Gasteiger partial charge is 0.387 e. The Balaban J connectivity index is 3.74. The monoisotopic (exact) mass is 422 g/mol. The van der Waals surface area contributed by atoms with Crippen LogP contribution in [0.2, 0.25) is 0 Å². The molecule has 0 aliphatic rings. The van der Waals surface area contributed by atoms with E-state index >= 15 is 0 Å². The van der Waals surface area contributed by atoms with E-state index in [1.807, 2.05) is 6.08 Å². The zero-order valence-corrected chi connectivity index (χ0v) is 18.6. The number of rotatable bonds is 18. The average molecular weight is 423 g/mol. The van der Waals surface area contributed by atoms with Crippen molar-refractivity contribution in [2.45, 2.75) is 115 Å². The van der Waals surface area contributed by atoms with Gasteiger partial charge in [-0.05, 0) is 19.8 Å². The van der Waals surface area contributed by atoms with Crippen molar-refractivity contribution in [3.8, 4) is 0 Å². The molecule has 7 N–H and O–H groups in total. The van der Waals surface area contributed by atoms with Gasteiger partial charge in [-0.2, -0.15) is 0 Å². The van der Waals surface area contributed by atoms with Crippen LogP contribution >= 0.6 is 7.60 Å². The molecule has 0 saturated carbocycles. The highest BCUT2D eigenvalue weighted by atomic mass is 31.2. The minimum atomic E-state index is -4.36. The van der Waals surface area contributed by atoms with Crippen molar-refractivity contribution in [3.05, 3.63) is 12.2 Å². The lowest BCUT2D eigenvalue weighted by atomic mass is 10.0. The van der Waals surface area contributed by atoms with Crippen LogP contribution in [0.1, 0.15) is 90.9 Å². The number of hydrogen-bond acceptors (Lipinski definition) is 5. The Kier molecular flexibility index (Phi) is 16.4. The molecule has 0 spiro atoms. The summed E-state index contributed by atoms with van der Waals surface area (Å²) in [4.78, 5) is 18.0. The van der Waals surface area contributed by atoms with E-state index in [1.165, 1.54) is 70.8 Å². The molecule has 28 heavy (non-hydrogen) atoms. The van der Waals surface area contributed by atoms with Crippen LogP contribution in [0.3, 0.4) is 0 Å². The summed E-state index contributed by atoms with van der Waals surface area (Å²) in [6.07, 6.45) is 15.8. The van der Waals surface area contributed by atoms with Crippen molar-refractivity contribution in [1.82, 2.24) is 5.32 Å². The summed E-state index contributed by atoms with van der Waals surface area (Å²) in [5.74, 6) is -1.24. The van der Waals surface area contributed by atoms with E-state index < -0.39 is 31.8 Å². The van der Waals surface area contributed by atoms with Crippen LogP contribution in [0.4, 0.5) is 0 Å². The van der Waals surface area contributed by atoms with Gasteiger partial charge in [0.25, 0.3) is 0 Å². The molecule has 0 aliphatic heterocycles. The molecular weight excluding hydrogens is 379 g/mol. The predicted octanol–water partition coefficient (Wildman–Crippen LogP) is 3.36. The number of nitrogens with two attached hydrogens (primary N) is 1. The van der Waals surface area contributed by atoms with Crippen molar-refractivity contribution >= 4 is 7.60 Å². The fourth-order valence-corrected chi connectivity index (χ4v) is 3.28. The lowest BCUT2D eigenvalue weighted by Crippen LogP contribution is -2.53. The molecule has 8 heteroatoms. The number of unbranched alkanes of at least 4 members (excludes halogenated alkanes) is 11. The lowest BCUT2D eigenvalue weighted by molar-refractivity contribution is 0.0522. The number of hydrogen-bond donors (Lipinski definition) is 6. The molecule has 2 unspecified atom stereocenters. The van der Waals surface area contributed by atoms with E-state index in [0.29, 0.717) is 0 Å². The Bertz CT molecular complexity index is 444. The van der Waals surface area contributed by atoms with Crippen molar-refractivity contribution in [1.29, 1.82) is 0 Å². The first-order chi connectivity index (χ1) is 13.2. The molecule has 0 aromatic carbocycles. The molecule has 0 rings (SSSR count). The van der Waals surface area contributed by atoms with Gasteiger partial charge in [0.05, 0.1) is 12.1 Å². The Morgan fingerprint density at radius 2 is 1.39 bits per heavy atom. The molecule has 7 nitrogen and oxygen atoms in total. The van der Waals surface area contributed by atoms with Gasteiger partial charge in [0.1, 0.15) is 12.0 Å². The predicted molar refractivity (Wildman–Crippen MR) is 115 cm³/mol. The molecule has 0 fully saturated rings. The highest BCUT2D eigenvalue weighted by Crippen LogP contribution is 2.39. The fraction of sp³-hybridized carbons (Fsp3) is 0.900. The van der Waals surface area contributed by atoms with Gasteiger partial charge >= 0.3 is 7.60 Å². The fourth-order valence-electron chi connectivity index (χ4n) is 2.93. The SMILES string of the molecule is CCCCCCCCCCCCC/C=C/[C@@H](O)[C@H](N)C(O)NC(C)P(=O)(O)O. The first-order valence-electron chi connectivity index (χ1n) is 10.8. The molecule has 168 valence electrons. The van der Waals surface area contributed by atoms with Crippen LogP contribution in [-0.4, -0.2) is 44.2 Å². The van der Waals surface area contributed by atoms with Gasteiger partial charge in [0, 0.05) is 0 Å². The zero-order chi connectivity index (χ0) is 21.4. The van der Waals surface area contributed by atoms with Crippen molar-refractivity contribution < 1.29 is 24.6 Å². The molecule has 4 atom stereocenters. The number of aliphatic hydroxyl groups excluding tert-OH is 2. The summed E-state index contributed by atoms with van der Waals surface area (Å²) in [7, 11) is -4.36.